The van der Waals surface area contributed by atoms with Crippen LogP contribution in [0.2, 0.25) is 41.4 Å². The second-order valence-corrected chi connectivity index (χ2v) is 24.0. The summed E-state index contributed by atoms with van der Waals surface area (Å²) in [6.07, 6.45) is 1.96. The summed E-state index contributed by atoms with van der Waals surface area (Å²) in [4.78, 5) is 13.9. The van der Waals surface area contributed by atoms with Crippen molar-refractivity contribution in [2.45, 2.75) is 122 Å². The number of hydrogen-bond donors (Lipinski definition) is 0. The van der Waals surface area contributed by atoms with Crippen LogP contribution in [0.3, 0.4) is 0 Å². The fraction of sp³-hybridized carbons (Fsp3) is 0.741. The van der Waals surface area contributed by atoms with Crippen LogP contribution < -0.4 is 0 Å². The van der Waals surface area contributed by atoms with Gasteiger partial charge < -0.3 is 13.6 Å². The Labute approximate surface area is 249 Å². The molecule has 1 aliphatic heterocycles. The fourth-order valence-electron chi connectivity index (χ4n) is 3.70. The van der Waals surface area contributed by atoms with Gasteiger partial charge in [-0.3, -0.25) is 4.57 Å². The van der Waals surface area contributed by atoms with Crippen molar-refractivity contribution in [3.63, 3.8) is 0 Å². The molecule has 11 heteroatoms. The summed E-state index contributed by atoms with van der Waals surface area (Å²) in [5, 5.41) is 0.383. The van der Waals surface area contributed by atoms with Gasteiger partial charge in [-0.15, -0.1) is 0 Å². The molecule has 1 aliphatic rings. The number of halogens is 2. The molecule has 0 saturated carbocycles. The van der Waals surface area contributed by atoms with Crippen LogP contribution in [0.15, 0.2) is 0 Å². The Morgan fingerprint density at radius 2 is 1.63 bits per heavy atom. The average molecular weight is 691 g/mol. The number of hydrogen-bond acceptors (Lipinski definition) is 6. The zero-order valence-corrected chi connectivity index (χ0v) is 29.7. The maximum atomic E-state index is 7.08. The first-order valence-corrected chi connectivity index (χ1v) is 20.7. The summed E-state index contributed by atoms with van der Waals surface area (Å²) in [5.74, 6) is 6.64. The molecule has 2 aromatic rings. The van der Waals surface area contributed by atoms with Gasteiger partial charge in [0.2, 0.25) is 5.82 Å². The molecule has 0 radical (unpaired) electrons. The minimum atomic E-state index is -2.18. The third-order valence-corrected chi connectivity index (χ3v) is 18.1. The molecule has 1 fully saturated rings. The molecule has 0 spiro atoms. The van der Waals surface area contributed by atoms with E-state index in [1.54, 1.807) is 0 Å². The van der Waals surface area contributed by atoms with Gasteiger partial charge in [-0.2, -0.15) is 0 Å². The maximum absolute atomic E-state index is 7.08. The van der Waals surface area contributed by atoms with Crippen LogP contribution in [0, 0.1) is 15.7 Å². The molecule has 7 nitrogen and oxygen atoms in total. The van der Waals surface area contributed by atoms with Gasteiger partial charge in [0.1, 0.15) is 11.6 Å². The molecule has 0 N–H and O–H groups in total. The summed E-state index contributed by atoms with van der Waals surface area (Å²) in [6.45, 7) is 25.2. The van der Waals surface area contributed by atoms with Crippen LogP contribution in [0.4, 0.5) is 0 Å². The van der Waals surface area contributed by atoms with Crippen molar-refractivity contribution in [3.05, 3.63) is 14.8 Å². The SMILES string of the molecule is CCCCC#Cc1nc(Cl)c2nc(I)n([C@@H]3OCC(O[Si](C)(C)C(C)(C)C)C3O[Si](C)(C)C(C)(C)C)c2n1. The minimum Gasteiger partial charge on any atom is -0.409 e. The van der Waals surface area contributed by atoms with Gasteiger partial charge in [0.25, 0.3) is 0 Å². The second kappa shape index (κ2) is 11.7. The lowest BCUT2D eigenvalue weighted by molar-refractivity contribution is -0.00971. The number of rotatable bonds is 7. The molecular weight excluding hydrogens is 647 g/mol. The number of unbranched alkanes of at least 4 members (excludes halogenated alkanes) is 2. The van der Waals surface area contributed by atoms with Gasteiger partial charge in [0.15, 0.2) is 37.5 Å². The van der Waals surface area contributed by atoms with E-state index in [0.717, 1.165) is 19.3 Å². The van der Waals surface area contributed by atoms with E-state index in [-0.39, 0.29) is 22.3 Å². The first kappa shape index (κ1) is 32.0. The smallest absolute Gasteiger partial charge is 0.208 e. The molecule has 2 unspecified atom stereocenters. The summed E-state index contributed by atoms with van der Waals surface area (Å²) >= 11 is 8.80. The van der Waals surface area contributed by atoms with Gasteiger partial charge in [0, 0.05) is 29.0 Å². The fourth-order valence-corrected chi connectivity index (χ4v) is 7.26. The number of ether oxygens (including phenoxy) is 1. The van der Waals surface area contributed by atoms with Crippen LogP contribution in [0.5, 0.6) is 0 Å². The van der Waals surface area contributed by atoms with Crippen LogP contribution >= 0.6 is 34.2 Å². The highest BCUT2D eigenvalue weighted by molar-refractivity contribution is 14.1. The Morgan fingerprint density at radius 1 is 1.03 bits per heavy atom. The summed E-state index contributed by atoms with van der Waals surface area (Å²) in [7, 11) is -4.27. The molecule has 3 atom stereocenters. The molecule has 212 valence electrons. The van der Waals surface area contributed by atoms with Crippen molar-refractivity contribution >= 4 is 62.0 Å². The van der Waals surface area contributed by atoms with Crippen LogP contribution in [-0.2, 0) is 13.6 Å². The van der Waals surface area contributed by atoms with Crippen molar-refractivity contribution < 1.29 is 13.6 Å². The second-order valence-electron chi connectivity index (χ2n) is 13.1. The van der Waals surface area contributed by atoms with Crippen LogP contribution in [-0.4, -0.2) is 55.0 Å². The molecule has 38 heavy (non-hydrogen) atoms. The minimum absolute atomic E-state index is 0.0263. The molecule has 1 saturated heterocycles. The van der Waals surface area contributed by atoms with Gasteiger partial charge in [-0.05, 0) is 48.6 Å². The van der Waals surface area contributed by atoms with E-state index in [9.17, 15) is 0 Å². The highest BCUT2D eigenvalue weighted by Crippen LogP contribution is 2.45. The van der Waals surface area contributed by atoms with E-state index >= 15 is 0 Å². The lowest BCUT2D eigenvalue weighted by atomic mass is 10.2. The molecule has 0 aliphatic carbocycles. The van der Waals surface area contributed by atoms with Crippen molar-refractivity contribution in [2.24, 2.45) is 0 Å². The largest absolute Gasteiger partial charge is 0.409 e. The third kappa shape index (κ3) is 6.83. The van der Waals surface area contributed by atoms with Gasteiger partial charge in [-0.1, -0.05) is 72.4 Å². The summed E-state index contributed by atoms with van der Waals surface area (Å²) < 4.78 is 23.2. The zero-order valence-electron chi connectivity index (χ0n) is 24.8. The highest BCUT2D eigenvalue weighted by atomic mass is 127. The van der Waals surface area contributed by atoms with Gasteiger partial charge in [-0.25, -0.2) is 15.0 Å². The molecule has 3 heterocycles. The first-order chi connectivity index (χ1) is 17.4. The monoisotopic (exact) mass is 690 g/mol. The van der Waals surface area contributed by atoms with Gasteiger partial charge in [0.05, 0.1) is 12.7 Å². The molecule has 2 aromatic heterocycles. The molecule has 0 aromatic carbocycles. The predicted octanol–water partition coefficient (Wildman–Crippen LogP) is 7.94. The van der Waals surface area contributed by atoms with Crippen molar-refractivity contribution in [1.82, 2.24) is 19.5 Å². The predicted molar refractivity (Wildman–Crippen MR) is 169 cm³/mol. The Bertz CT molecular complexity index is 1210. The lowest BCUT2D eigenvalue weighted by Gasteiger charge is -2.43. The van der Waals surface area contributed by atoms with E-state index in [2.05, 4.69) is 114 Å². The summed E-state index contributed by atoms with van der Waals surface area (Å²) in [5.41, 5.74) is 1.15. The molecule has 0 amide bonds. The number of aromatic nitrogens is 4. The Balaban J connectivity index is 2.10. The quantitative estimate of drug-likeness (QED) is 0.0734. The van der Waals surface area contributed by atoms with Crippen LogP contribution in [0.1, 0.15) is 79.8 Å². The standard InChI is InChI=1S/C27H44ClIN4O3Si2/c1-12-13-14-15-16-19-30-22(28)20-23(31-19)33(25(29)32-20)24-21(36-38(10,11)27(5,6)7)18(17-34-24)35-37(8,9)26(2,3)4/h18,21,24H,12-14,17H2,1-11H3/t18?,21?,24-/m1/s1. The Kier molecular flexibility index (Phi) is 9.88. The van der Waals surface area contributed by atoms with E-state index in [0.29, 0.717) is 32.6 Å². The molecule has 0 bridgehead atoms. The van der Waals surface area contributed by atoms with E-state index in [1.807, 2.05) is 4.57 Å². The maximum Gasteiger partial charge on any atom is 0.208 e. The van der Waals surface area contributed by atoms with Crippen LogP contribution in [0.25, 0.3) is 11.2 Å². The van der Waals surface area contributed by atoms with Gasteiger partial charge >= 0.3 is 0 Å². The van der Waals surface area contributed by atoms with Crippen molar-refractivity contribution in [3.8, 4) is 11.8 Å². The average Bonchev–Trinajstić information content (AvgIpc) is 3.29. The van der Waals surface area contributed by atoms with E-state index in [4.69, 9.17) is 35.2 Å². The van der Waals surface area contributed by atoms with E-state index < -0.39 is 22.9 Å². The Hall–Kier alpha value is -0.556. The van der Waals surface area contributed by atoms with E-state index in [1.165, 1.54) is 0 Å². The Morgan fingerprint density at radius 3 is 2.21 bits per heavy atom. The molecule has 3 rings (SSSR count). The topological polar surface area (TPSA) is 71.3 Å². The summed E-state index contributed by atoms with van der Waals surface area (Å²) in [6, 6.07) is 0. The first-order valence-electron chi connectivity index (χ1n) is 13.5. The number of fused-ring (bicyclic) bond motifs is 1. The number of nitrogens with zero attached hydrogens (tertiary/aromatic N) is 4. The number of imidazole rings is 1. The van der Waals surface area contributed by atoms with Crippen molar-refractivity contribution in [2.75, 3.05) is 6.61 Å². The normalized spacial score (nSPS) is 21.1. The van der Waals surface area contributed by atoms with Crippen molar-refractivity contribution in [1.29, 1.82) is 0 Å². The third-order valence-electron chi connectivity index (χ3n) is 8.13. The molecular formula is C27H44ClIN4O3Si2. The highest BCUT2D eigenvalue weighted by Gasteiger charge is 2.51. The zero-order chi connectivity index (χ0) is 28.7. The lowest BCUT2D eigenvalue weighted by Crippen LogP contribution is -2.52.